The minimum absolute atomic E-state index is 0.236. The van der Waals surface area contributed by atoms with Crippen LogP contribution in [0.2, 0.25) is 0 Å². The number of hydrogen-bond donors (Lipinski definition) is 1. The van der Waals surface area contributed by atoms with E-state index in [1.54, 1.807) is 4.90 Å². The number of rotatable bonds is 3. The fourth-order valence-electron chi connectivity index (χ4n) is 3.78. The molecule has 1 fully saturated rings. The molecule has 0 unspecified atom stereocenters. The van der Waals surface area contributed by atoms with Crippen LogP contribution in [-0.2, 0) is 4.74 Å². The van der Waals surface area contributed by atoms with Gasteiger partial charge < -0.3 is 15.4 Å². The number of piperidine rings is 1. The number of allylic oxidation sites excluding steroid dienone is 2. The predicted molar refractivity (Wildman–Crippen MR) is 111 cm³/mol. The third-order valence-electron chi connectivity index (χ3n) is 5.11. The largest absolute Gasteiger partial charge is 0.444 e. The summed E-state index contributed by atoms with van der Waals surface area (Å²) < 4.78 is 7.43. The number of carbonyl (C=O) groups excluding carboxylic acids is 1. The third kappa shape index (κ3) is 4.13. The highest BCUT2D eigenvalue weighted by atomic mass is 16.6. The van der Waals surface area contributed by atoms with E-state index in [0.717, 1.165) is 36.0 Å². The Morgan fingerprint density at radius 3 is 2.64 bits per heavy atom. The highest BCUT2D eigenvalue weighted by Gasteiger charge is 2.29. The zero-order chi connectivity index (χ0) is 20.5. The number of carbonyl (C=O) groups is 1. The lowest BCUT2D eigenvalue weighted by atomic mass is 9.93. The van der Waals surface area contributed by atoms with Crippen molar-refractivity contribution in [2.24, 2.45) is 0 Å². The van der Waals surface area contributed by atoms with Gasteiger partial charge in [0, 0.05) is 30.3 Å². The number of amides is 1. The van der Waals surface area contributed by atoms with Crippen LogP contribution in [0.1, 0.15) is 71.1 Å². The lowest BCUT2D eigenvalue weighted by Gasteiger charge is -2.33. The zero-order valence-corrected chi connectivity index (χ0v) is 17.5. The van der Waals surface area contributed by atoms with E-state index in [1.807, 2.05) is 25.3 Å². The number of aromatic nitrogens is 3. The molecule has 3 heterocycles. The Balaban J connectivity index is 1.85. The Kier molecular flexibility index (Phi) is 5.63. The van der Waals surface area contributed by atoms with E-state index in [1.165, 1.54) is 11.9 Å². The van der Waals surface area contributed by atoms with Gasteiger partial charge in [-0.3, -0.25) is 0 Å². The van der Waals surface area contributed by atoms with E-state index >= 15 is 0 Å². The van der Waals surface area contributed by atoms with Crippen molar-refractivity contribution >= 4 is 23.0 Å². The summed E-state index contributed by atoms with van der Waals surface area (Å²) in [6, 6.07) is 2.19. The molecule has 1 saturated heterocycles. The number of nitrogens with zero attached hydrogens (tertiary/aromatic N) is 4. The summed E-state index contributed by atoms with van der Waals surface area (Å²) in [4.78, 5) is 18.3. The van der Waals surface area contributed by atoms with Gasteiger partial charge in [-0.2, -0.15) is 5.10 Å². The Hall–Kier alpha value is -2.57. The number of nitrogen functional groups attached to an aromatic ring is 1. The second-order valence-corrected chi connectivity index (χ2v) is 8.43. The maximum atomic E-state index is 12.3. The van der Waals surface area contributed by atoms with Gasteiger partial charge in [-0.1, -0.05) is 13.0 Å². The van der Waals surface area contributed by atoms with Crippen molar-refractivity contribution in [2.45, 2.75) is 65.4 Å². The standard InChI is InChI=1S/C21H31N5O2/c1-6-7-14(2)16-12-17(26-18(16)19(22)23-13-24-26)15-8-10-25(11-9-15)20(27)28-21(3,4)5/h7,12-13,15H,6,8-11H2,1-5H3,(H2,22,23,24)/b14-7+. The van der Waals surface area contributed by atoms with Crippen LogP contribution >= 0.6 is 0 Å². The molecule has 28 heavy (non-hydrogen) atoms. The molecule has 7 heteroatoms. The smallest absolute Gasteiger partial charge is 0.410 e. The molecule has 0 bridgehead atoms. The number of ether oxygens (including phenoxy) is 1. The first-order valence-electron chi connectivity index (χ1n) is 9.98. The van der Waals surface area contributed by atoms with Gasteiger partial charge in [0.1, 0.15) is 17.4 Å². The molecular weight excluding hydrogens is 354 g/mol. The topological polar surface area (TPSA) is 85.8 Å². The summed E-state index contributed by atoms with van der Waals surface area (Å²) in [6.45, 7) is 11.2. The summed E-state index contributed by atoms with van der Waals surface area (Å²) in [5, 5.41) is 4.48. The molecule has 0 atom stereocenters. The lowest BCUT2D eigenvalue weighted by Crippen LogP contribution is -2.41. The number of fused-ring (bicyclic) bond motifs is 1. The molecule has 1 aliphatic heterocycles. The summed E-state index contributed by atoms with van der Waals surface area (Å²) in [5.74, 6) is 0.801. The summed E-state index contributed by atoms with van der Waals surface area (Å²) >= 11 is 0. The highest BCUT2D eigenvalue weighted by molar-refractivity contribution is 5.85. The van der Waals surface area contributed by atoms with Gasteiger partial charge in [-0.15, -0.1) is 0 Å². The predicted octanol–water partition coefficient (Wildman–Crippen LogP) is 4.24. The molecule has 1 amide bonds. The van der Waals surface area contributed by atoms with Gasteiger partial charge in [0.05, 0.1) is 0 Å². The number of hydrogen-bond acceptors (Lipinski definition) is 5. The van der Waals surface area contributed by atoms with Crippen molar-refractivity contribution in [3.05, 3.63) is 29.7 Å². The molecule has 0 aromatic carbocycles. The summed E-state index contributed by atoms with van der Waals surface area (Å²) in [6.07, 6.45) is 6.15. The lowest BCUT2D eigenvalue weighted by molar-refractivity contribution is 0.0203. The molecular formula is C21H31N5O2. The third-order valence-corrected chi connectivity index (χ3v) is 5.11. The van der Waals surface area contributed by atoms with Crippen molar-refractivity contribution in [1.82, 2.24) is 19.5 Å². The van der Waals surface area contributed by atoms with Gasteiger partial charge in [0.25, 0.3) is 0 Å². The molecule has 0 saturated carbocycles. The molecule has 0 aliphatic carbocycles. The van der Waals surface area contributed by atoms with Gasteiger partial charge in [0.2, 0.25) is 0 Å². The van der Waals surface area contributed by atoms with Crippen LogP contribution in [0.5, 0.6) is 0 Å². The Bertz CT molecular complexity index is 886. The van der Waals surface area contributed by atoms with Crippen molar-refractivity contribution in [3.63, 3.8) is 0 Å². The fraction of sp³-hybridized carbons (Fsp3) is 0.571. The highest BCUT2D eigenvalue weighted by Crippen LogP contribution is 2.35. The molecule has 7 nitrogen and oxygen atoms in total. The molecule has 1 aliphatic rings. The quantitative estimate of drug-likeness (QED) is 0.854. The second-order valence-electron chi connectivity index (χ2n) is 8.43. The second kappa shape index (κ2) is 7.81. The van der Waals surface area contributed by atoms with Crippen molar-refractivity contribution in [3.8, 4) is 0 Å². The van der Waals surface area contributed by atoms with E-state index in [9.17, 15) is 4.79 Å². The monoisotopic (exact) mass is 385 g/mol. The van der Waals surface area contributed by atoms with Crippen LogP contribution in [0.3, 0.4) is 0 Å². The average Bonchev–Trinajstić information content (AvgIpc) is 3.02. The average molecular weight is 386 g/mol. The Morgan fingerprint density at radius 1 is 1.36 bits per heavy atom. The number of anilines is 1. The molecule has 2 aromatic heterocycles. The van der Waals surface area contributed by atoms with Gasteiger partial charge in [-0.05, 0) is 58.6 Å². The maximum absolute atomic E-state index is 12.3. The van der Waals surface area contributed by atoms with Crippen LogP contribution in [0.25, 0.3) is 11.1 Å². The van der Waals surface area contributed by atoms with Crippen LogP contribution < -0.4 is 5.73 Å². The first kappa shape index (κ1) is 20.2. The number of likely N-dealkylation sites (tertiary alicyclic amines) is 1. The molecule has 0 radical (unpaired) electrons. The van der Waals surface area contributed by atoms with Crippen LogP contribution in [-0.4, -0.2) is 44.3 Å². The van der Waals surface area contributed by atoms with E-state index in [4.69, 9.17) is 10.5 Å². The van der Waals surface area contributed by atoms with E-state index in [0.29, 0.717) is 24.8 Å². The summed E-state index contributed by atoms with van der Waals surface area (Å²) in [7, 11) is 0. The normalized spacial score (nSPS) is 16.6. The van der Waals surface area contributed by atoms with Crippen molar-refractivity contribution in [1.29, 1.82) is 0 Å². The van der Waals surface area contributed by atoms with Crippen LogP contribution in [0.4, 0.5) is 10.6 Å². The first-order valence-corrected chi connectivity index (χ1v) is 9.98. The first-order chi connectivity index (χ1) is 13.2. The van der Waals surface area contributed by atoms with Crippen LogP contribution in [0.15, 0.2) is 18.5 Å². The van der Waals surface area contributed by atoms with Crippen molar-refractivity contribution in [2.75, 3.05) is 18.8 Å². The Labute approximate surface area is 166 Å². The number of nitrogens with two attached hydrogens (primary N) is 1. The van der Waals surface area contributed by atoms with Gasteiger partial charge in [0.15, 0.2) is 5.82 Å². The fourth-order valence-corrected chi connectivity index (χ4v) is 3.78. The van der Waals surface area contributed by atoms with Crippen molar-refractivity contribution < 1.29 is 9.53 Å². The van der Waals surface area contributed by atoms with E-state index < -0.39 is 5.60 Å². The van der Waals surface area contributed by atoms with E-state index in [-0.39, 0.29) is 6.09 Å². The Morgan fingerprint density at radius 2 is 2.04 bits per heavy atom. The minimum Gasteiger partial charge on any atom is -0.444 e. The zero-order valence-electron chi connectivity index (χ0n) is 17.5. The van der Waals surface area contributed by atoms with E-state index in [2.05, 4.69) is 36.1 Å². The molecule has 0 spiro atoms. The van der Waals surface area contributed by atoms with Crippen LogP contribution in [0, 0.1) is 0 Å². The molecule has 2 aromatic rings. The van der Waals surface area contributed by atoms with Gasteiger partial charge in [-0.25, -0.2) is 14.3 Å². The summed E-state index contributed by atoms with van der Waals surface area (Å²) in [5.41, 5.74) is 9.98. The maximum Gasteiger partial charge on any atom is 0.410 e. The molecule has 3 rings (SSSR count). The molecule has 152 valence electrons. The SMILES string of the molecule is CC/C=C(\C)c1cc(C2CCN(C(=O)OC(C)(C)C)CC2)n2ncnc(N)c12. The molecule has 2 N–H and O–H groups in total. The van der Waals surface area contributed by atoms with Gasteiger partial charge >= 0.3 is 6.09 Å². The minimum atomic E-state index is -0.474.